The van der Waals surface area contributed by atoms with Crippen LogP contribution in [0.2, 0.25) is 0 Å². The van der Waals surface area contributed by atoms with Gasteiger partial charge in [-0.2, -0.15) is 5.26 Å². The first-order valence-corrected chi connectivity index (χ1v) is 9.32. The second-order valence-electron chi connectivity index (χ2n) is 6.71. The quantitative estimate of drug-likeness (QED) is 0.748. The number of piperidine rings is 1. The van der Waals surface area contributed by atoms with Crippen LogP contribution in [-0.4, -0.2) is 44.9 Å². The molecule has 0 bridgehead atoms. The number of ether oxygens (including phenoxy) is 3. The van der Waals surface area contributed by atoms with E-state index in [4.69, 9.17) is 14.2 Å². The standard InChI is InChI=1S/C22H26N2O3/c1-25-21-8-7-17(15-22(21)26-2)9-12-24-13-10-19(11-14-24)27-20-6-4-3-5-18(20)16-23/h3-8,15,19H,9-14H2,1-2H3. The minimum atomic E-state index is 0.178. The normalized spacial score (nSPS) is 15.1. The number of methoxy groups -OCH3 is 2. The zero-order valence-corrected chi connectivity index (χ0v) is 16.0. The van der Waals surface area contributed by atoms with Crippen LogP contribution in [0.5, 0.6) is 17.2 Å². The summed E-state index contributed by atoms with van der Waals surface area (Å²) in [5.74, 6) is 2.24. The van der Waals surface area contributed by atoms with Crippen LogP contribution in [0.3, 0.4) is 0 Å². The lowest BCUT2D eigenvalue weighted by atomic mass is 10.1. The fraction of sp³-hybridized carbons (Fsp3) is 0.409. The number of para-hydroxylation sites is 1. The van der Waals surface area contributed by atoms with E-state index in [0.717, 1.165) is 50.4 Å². The van der Waals surface area contributed by atoms with Crippen LogP contribution in [-0.2, 0) is 6.42 Å². The number of rotatable bonds is 7. The molecule has 1 fully saturated rings. The molecular formula is C22H26N2O3. The third-order valence-corrected chi connectivity index (χ3v) is 5.00. The van der Waals surface area contributed by atoms with E-state index in [1.54, 1.807) is 20.3 Å². The number of nitriles is 1. The number of hydrogen-bond donors (Lipinski definition) is 0. The minimum Gasteiger partial charge on any atom is -0.493 e. The zero-order valence-electron chi connectivity index (χ0n) is 16.0. The largest absolute Gasteiger partial charge is 0.493 e. The molecule has 5 nitrogen and oxygen atoms in total. The molecule has 3 rings (SSSR count). The maximum absolute atomic E-state index is 9.18. The van der Waals surface area contributed by atoms with Gasteiger partial charge in [0.2, 0.25) is 0 Å². The van der Waals surface area contributed by atoms with Gasteiger partial charge in [0.25, 0.3) is 0 Å². The smallest absolute Gasteiger partial charge is 0.160 e. The van der Waals surface area contributed by atoms with Crippen LogP contribution in [0.25, 0.3) is 0 Å². The second-order valence-corrected chi connectivity index (χ2v) is 6.71. The van der Waals surface area contributed by atoms with E-state index in [9.17, 15) is 5.26 Å². The summed E-state index contributed by atoms with van der Waals surface area (Å²) in [4.78, 5) is 2.47. The fourth-order valence-electron chi connectivity index (χ4n) is 3.42. The third-order valence-electron chi connectivity index (χ3n) is 5.00. The molecule has 2 aromatic carbocycles. The SMILES string of the molecule is COc1ccc(CCN2CCC(Oc3ccccc3C#N)CC2)cc1OC. The van der Waals surface area contributed by atoms with Crippen molar-refractivity contribution < 1.29 is 14.2 Å². The van der Waals surface area contributed by atoms with Gasteiger partial charge in [0.05, 0.1) is 19.8 Å². The Morgan fingerprint density at radius 1 is 1.00 bits per heavy atom. The first-order valence-electron chi connectivity index (χ1n) is 9.32. The molecule has 0 aliphatic carbocycles. The highest BCUT2D eigenvalue weighted by Crippen LogP contribution is 2.28. The molecule has 142 valence electrons. The Kier molecular flexibility index (Phi) is 6.56. The number of nitrogens with zero attached hydrogens (tertiary/aromatic N) is 2. The third kappa shape index (κ3) is 4.93. The van der Waals surface area contributed by atoms with Gasteiger partial charge in [-0.15, -0.1) is 0 Å². The van der Waals surface area contributed by atoms with Crippen molar-refractivity contribution in [1.82, 2.24) is 4.90 Å². The van der Waals surface area contributed by atoms with Gasteiger partial charge in [0.15, 0.2) is 11.5 Å². The van der Waals surface area contributed by atoms with Gasteiger partial charge in [0, 0.05) is 19.6 Å². The van der Waals surface area contributed by atoms with E-state index in [1.807, 2.05) is 30.3 Å². The van der Waals surface area contributed by atoms with Gasteiger partial charge >= 0.3 is 0 Å². The molecule has 0 aromatic heterocycles. The second kappa shape index (κ2) is 9.29. The molecule has 0 saturated carbocycles. The van der Waals surface area contributed by atoms with Crippen molar-refractivity contribution in [2.24, 2.45) is 0 Å². The van der Waals surface area contributed by atoms with E-state index in [0.29, 0.717) is 11.3 Å². The average Bonchev–Trinajstić information content (AvgIpc) is 2.73. The van der Waals surface area contributed by atoms with Gasteiger partial charge in [0.1, 0.15) is 17.9 Å². The predicted molar refractivity (Wildman–Crippen MR) is 104 cm³/mol. The maximum Gasteiger partial charge on any atom is 0.160 e. The van der Waals surface area contributed by atoms with Crippen molar-refractivity contribution in [2.75, 3.05) is 33.9 Å². The van der Waals surface area contributed by atoms with Crippen LogP contribution < -0.4 is 14.2 Å². The molecular weight excluding hydrogens is 340 g/mol. The van der Waals surface area contributed by atoms with E-state index >= 15 is 0 Å². The summed E-state index contributed by atoms with van der Waals surface area (Å²) in [7, 11) is 3.32. The Labute approximate surface area is 161 Å². The first-order chi connectivity index (χ1) is 13.2. The number of benzene rings is 2. The summed E-state index contributed by atoms with van der Waals surface area (Å²) in [5.41, 5.74) is 1.85. The molecule has 0 unspecified atom stereocenters. The highest BCUT2D eigenvalue weighted by Gasteiger charge is 2.21. The van der Waals surface area contributed by atoms with Crippen LogP contribution in [0.4, 0.5) is 0 Å². The molecule has 2 aromatic rings. The topological polar surface area (TPSA) is 54.7 Å². The fourth-order valence-corrected chi connectivity index (χ4v) is 3.42. The van der Waals surface area contributed by atoms with Crippen molar-refractivity contribution in [3.8, 4) is 23.3 Å². The Balaban J connectivity index is 1.48. The number of hydrogen-bond acceptors (Lipinski definition) is 5. The molecule has 1 saturated heterocycles. The Morgan fingerprint density at radius 2 is 1.74 bits per heavy atom. The van der Waals surface area contributed by atoms with Gasteiger partial charge < -0.3 is 19.1 Å². The lowest BCUT2D eigenvalue weighted by molar-refractivity contribution is 0.101. The van der Waals surface area contributed by atoms with E-state index in [-0.39, 0.29) is 6.10 Å². The minimum absolute atomic E-state index is 0.178. The summed E-state index contributed by atoms with van der Waals surface area (Å²) in [6.07, 6.45) is 3.11. The molecule has 1 aliphatic rings. The molecule has 0 atom stereocenters. The molecule has 0 spiro atoms. The molecule has 1 heterocycles. The van der Waals surface area contributed by atoms with E-state index in [1.165, 1.54) is 5.56 Å². The maximum atomic E-state index is 9.18. The lowest BCUT2D eigenvalue weighted by Crippen LogP contribution is -2.39. The summed E-state index contributed by atoms with van der Waals surface area (Å²) >= 11 is 0. The van der Waals surface area contributed by atoms with Crippen molar-refractivity contribution in [2.45, 2.75) is 25.4 Å². The predicted octanol–water partition coefficient (Wildman–Crippen LogP) is 3.66. The monoisotopic (exact) mass is 366 g/mol. The molecule has 0 N–H and O–H groups in total. The highest BCUT2D eigenvalue weighted by molar-refractivity contribution is 5.43. The zero-order chi connectivity index (χ0) is 19.1. The van der Waals surface area contributed by atoms with Gasteiger partial charge in [-0.1, -0.05) is 18.2 Å². The van der Waals surface area contributed by atoms with Crippen molar-refractivity contribution in [3.63, 3.8) is 0 Å². The van der Waals surface area contributed by atoms with Crippen LogP contribution in [0, 0.1) is 11.3 Å². The summed E-state index contributed by atoms with van der Waals surface area (Å²) in [6.45, 7) is 3.02. The summed E-state index contributed by atoms with van der Waals surface area (Å²) in [6, 6.07) is 15.7. The molecule has 1 aliphatic heterocycles. The highest BCUT2D eigenvalue weighted by atomic mass is 16.5. The lowest BCUT2D eigenvalue weighted by Gasteiger charge is -2.32. The van der Waals surface area contributed by atoms with Crippen LogP contribution in [0.1, 0.15) is 24.0 Å². The van der Waals surface area contributed by atoms with Gasteiger partial charge in [-0.05, 0) is 49.1 Å². The van der Waals surface area contributed by atoms with Crippen LogP contribution >= 0.6 is 0 Å². The Hall–Kier alpha value is -2.71. The van der Waals surface area contributed by atoms with Gasteiger partial charge in [-0.3, -0.25) is 0 Å². The molecule has 5 heteroatoms. The average molecular weight is 366 g/mol. The Bertz CT molecular complexity index is 792. The Morgan fingerprint density at radius 3 is 2.44 bits per heavy atom. The molecule has 0 amide bonds. The van der Waals surface area contributed by atoms with Crippen molar-refractivity contribution in [3.05, 3.63) is 53.6 Å². The molecule has 0 radical (unpaired) electrons. The molecule has 27 heavy (non-hydrogen) atoms. The van der Waals surface area contributed by atoms with Crippen molar-refractivity contribution in [1.29, 1.82) is 5.26 Å². The number of likely N-dealkylation sites (tertiary alicyclic amines) is 1. The van der Waals surface area contributed by atoms with Crippen LogP contribution in [0.15, 0.2) is 42.5 Å². The van der Waals surface area contributed by atoms with Crippen molar-refractivity contribution >= 4 is 0 Å². The summed E-state index contributed by atoms with van der Waals surface area (Å²) in [5, 5.41) is 9.18. The van der Waals surface area contributed by atoms with E-state index < -0.39 is 0 Å². The van der Waals surface area contributed by atoms with E-state index in [2.05, 4.69) is 17.0 Å². The first kappa shape index (κ1) is 19.1. The van der Waals surface area contributed by atoms with Gasteiger partial charge in [-0.25, -0.2) is 0 Å². The summed E-state index contributed by atoms with van der Waals surface area (Å²) < 4.78 is 16.7.